The number of benzene rings is 3. The van der Waals surface area contributed by atoms with Crippen LogP contribution in [0.1, 0.15) is 36.6 Å². The first kappa shape index (κ1) is 33.7. The van der Waals surface area contributed by atoms with Gasteiger partial charge in [0, 0.05) is 27.5 Å². The molecule has 0 aliphatic carbocycles. The van der Waals surface area contributed by atoms with Crippen molar-refractivity contribution in [1.29, 1.82) is 0 Å². The molecule has 0 amide bonds. The van der Waals surface area contributed by atoms with Crippen LogP contribution < -0.4 is 33.8 Å². The van der Waals surface area contributed by atoms with Crippen LogP contribution in [-0.2, 0) is 16.1 Å². The zero-order chi connectivity index (χ0) is 33.7. The van der Waals surface area contributed by atoms with Gasteiger partial charge < -0.3 is 23.7 Å². The van der Waals surface area contributed by atoms with E-state index in [1.165, 1.54) is 37.1 Å². The van der Waals surface area contributed by atoms with E-state index in [1.807, 2.05) is 19.9 Å². The van der Waals surface area contributed by atoms with Crippen molar-refractivity contribution in [3.05, 3.63) is 116 Å². The molecule has 14 heteroatoms. The summed E-state index contributed by atoms with van der Waals surface area (Å²) in [4.78, 5) is 42.6. The number of nitrogens with zero attached hydrogens (tertiary/aromatic N) is 3. The Kier molecular flexibility index (Phi) is 10.6. The highest BCUT2D eigenvalue weighted by Gasteiger charge is 2.31. The van der Waals surface area contributed by atoms with Crippen molar-refractivity contribution >= 4 is 51.7 Å². The molecule has 0 fully saturated rings. The van der Waals surface area contributed by atoms with Crippen LogP contribution in [0, 0.1) is 13.7 Å². The summed E-state index contributed by atoms with van der Waals surface area (Å²) in [5, 5.41) is 11.1. The van der Waals surface area contributed by atoms with Gasteiger partial charge in [-0.1, -0.05) is 17.4 Å². The van der Waals surface area contributed by atoms with Gasteiger partial charge in [0.05, 0.1) is 48.5 Å². The molecule has 244 valence electrons. The lowest BCUT2D eigenvalue weighted by Crippen LogP contribution is -2.39. The smallest absolute Gasteiger partial charge is 0.337 e. The molecule has 4 aromatic rings. The number of nitro benzene ring substituents is 1. The van der Waals surface area contributed by atoms with E-state index in [4.69, 9.17) is 23.7 Å². The van der Waals surface area contributed by atoms with Crippen LogP contribution in [0.15, 0.2) is 76.2 Å². The zero-order valence-electron chi connectivity index (χ0n) is 25.9. The van der Waals surface area contributed by atoms with E-state index in [0.717, 1.165) is 14.9 Å². The molecule has 47 heavy (non-hydrogen) atoms. The number of non-ortho nitro benzene ring substituents is 1. The second-order valence-electron chi connectivity index (χ2n) is 9.99. The van der Waals surface area contributed by atoms with Crippen molar-refractivity contribution in [2.75, 3.05) is 27.4 Å². The Bertz CT molecular complexity index is 2040. The number of halogens is 1. The molecule has 1 aliphatic rings. The van der Waals surface area contributed by atoms with Gasteiger partial charge in [-0.2, -0.15) is 0 Å². The highest BCUT2D eigenvalue weighted by Crippen LogP contribution is 2.36. The van der Waals surface area contributed by atoms with Gasteiger partial charge in [0.1, 0.15) is 6.61 Å². The molecule has 0 unspecified atom stereocenters. The molecule has 2 heterocycles. The number of rotatable bonds is 12. The van der Waals surface area contributed by atoms with E-state index in [-0.39, 0.29) is 23.4 Å². The molecule has 0 N–H and O–H groups in total. The summed E-state index contributed by atoms with van der Waals surface area (Å²) in [6.07, 6.45) is 3.12. The Morgan fingerprint density at radius 2 is 1.74 bits per heavy atom. The molecule has 0 saturated heterocycles. The Labute approximate surface area is 286 Å². The number of carbonyl (C=O) groups is 1. The molecule has 1 atom stereocenters. The van der Waals surface area contributed by atoms with Crippen LogP contribution in [0.3, 0.4) is 0 Å². The number of aromatic nitrogens is 1. The van der Waals surface area contributed by atoms with Crippen molar-refractivity contribution in [2.24, 2.45) is 4.99 Å². The Morgan fingerprint density at radius 1 is 1.02 bits per heavy atom. The lowest BCUT2D eigenvalue weighted by atomic mass is 9.97. The fraction of sp³-hybridized carbons (Fsp3) is 0.242. The SMILES string of the molecule is CCOc1ccc([C@H]2C(C(=O)OC)=CN=c3s/c(=C/c4cc(I)cc(OC)c4OCc4ccc([N+](=O)[O-])cc4)c(=O)n32)cc1OCC. The van der Waals surface area contributed by atoms with Crippen LogP contribution in [-0.4, -0.2) is 42.9 Å². The zero-order valence-corrected chi connectivity index (χ0v) is 28.8. The van der Waals surface area contributed by atoms with Gasteiger partial charge in [-0.05, 0) is 90.0 Å². The lowest BCUT2D eigenvalue weighted by molar-refractivity contribution is -0.384. The lowest BCUT2D eigenvalue weighted by Gasteiger charge is -2.23. The molecular formula is C33H30IN3O9S. The van der Waals surface area contributed by atoms with Crippen LogP contribution in [0.5, 0.6) is 23.0 Å². The first-order valence-electron chi connectivity index (χ1n) is 14.4. The second-order valence-corrected chi connectivity index (χ2v) is 12.2. The largest absolute Gasteiger partial charge is 0.493 e. The monoisotopic (exact) mass is 771 g/mol. The standard InChI is InChI=1S/C33H30IN3O9S/c1-5-44-25-12-9-20(14-26(25)45-6-2)29-24(32(39)43-4)17-35-33-36(29)31(38)28(47-33)15-21-13-22(34)16-27(42-3)30(21)46-18-19-7-10-23(11-8-19)37(40)41/h7-17,29H,5-6,18H2,1-4H3/b28-15+/t29-/m0/s1. The Morgan fingerprint density at radius 3 is 2.40 bits per heavy atom. The number of methoxy groups -OCH3 is 2. The van der Waals surface area contributed by atoms with Crippen molar-refractivity contribution in [1.82, 2.24) is 4.57 Å². The number of esters is 1. The van der Waals surface area contributed by atoms with E-state index in [0.29, 0.717) is 62.2 Å². The summed E-state index contributed by atoms with van der Waals surface area (Å²) in [7, 11) is 2.79. The maximum absolute atomic E-state index is 14.2. The third kappa shape index (κ3) is 7.17. The molecule has 0 radical (unpaired) electrons. The summed E-state index contributed by atoms with van der Waals surface area (Å²) in [5.41, 5.74) is 1.67. The van der Waals surface area contributed by atoms with Gasteiger partial charge in [0.25, 0.3) is 11.2 Å². The Balaban J connectivity index is 1.61. The predicted octanol–water partition coefficient (Wildman–Crippen LogP) is 4.92. The number of ether oxygens (including phenoxy) is 5. The molecule has 0 bridgehead atoms. The summed E-state index contributed by atoms with van der Waals surface area (Å²) in [5.74, 6) is 1.24. The molecule has 0 saturated carbocycles. The number of hydrogen-bond donors (Lipinski definition) is 0. The van der Waals surface area contributed by atoms with Gasteiger partial charge in [-0.25, -0.2) is 9.79 Å². The highest BCUT2D eigenvalue weighted by atomic mass is 127. The third-order valence-electron chi connectivity index (χ3n) is 7.09. The number of thiazole rings is 1. The fourth-order valence-electron chi connectivity index (χ4n) is 5.00. The van der Waals surface area contributed by atoms with E-state index in [2.05, 4.69) is 27.6 Å². The Hall–Kier alpha value is -4.70. The van der Waals surface area contributed by atoms with Gasteiger partial charge in [0.2, 0.25) is 0 Å². The van der Waals surface area contributed by atoms with Gasteiger partial charge in [0.15, 0.2) is 27.8 Å². The van der Waals surface area contributed by atoms with Gasteiger partial charge >= 0.3 is 5.97 Å². The topological polar surface area (TPSA) is 141 Å². The van der Waals surface area contributed by atoms with Gasteiger partial charge in [-0.15, -0.1) is 0 Å². The molecule has 0 spiro atoms. The first-order valence-corrected chi connectivity index (χ1v) is 16.3. The van der Waals surface area contributed by atoms with Gasteiger partial charge in [-0.3, -0.25) is 19.5 Å². The van der Waals surface area contributed by atoms with E-state index >= 15 is 0 Å². The summed E-state index contributed by atoms with van der Waals surface area (Å²) < 4.78 is 31.1. The maximum atomic E-state index is 14.2. The van der Waals surface area contributed by atoms with E-state index in [9.17, 15) is 19.7 Å². The molecule has 3 aromatic carbocycles. The number of hydrogen-bond acceptors (Lipinski definition) is 11. The number of fused-ring (bicyclic) bond motifs is 1. The molecule has 12 nitrogen and oxygen atoms in total. The third-order valence-corrected chi connectivity index (χ3v) is 8.71. The molecule has 5 rings (SSSR count). The van der Waals surface area contributed by atoms with E-state index in [1.54, 1.807) is 42.5 Å². The molecule has 1 aromatic heterocycles. The number of carbonyl (C=O) groups excluding carboxylic acids is 1. The second kappa shape index (κ2) is 14.8. The fourth-order valence-corrected chi connectivity index (χ4v) is 6.58. The average molecular weight is 772 g/mol. The minimum absolute atomic E-state index is 0.0235. The summed E-state index contributed by atoms with van der Waals surface area (Å²) >= 11 is 3.31. The van der Waals surface area contributed by atoms with Crippen LogP contribution in [0.25, 0.3) is 6.08 Å². The van der Waals surface area contributed by atoms with Crippen LogP contribution in [0.2, 0.25) is 0 Å². The van der Waals surface area contributed by atoms with Crippen molar-refractivity contribution in [3.63, 3.8) is 0 Å². The highest BCUT2D eigenvalue weighted by molar-refractivity contribution is 14.1. The quantitative estimate of drug-likeness (QED) is 0.0851. The minimum Gasteiger partial charge on any atom is -0.493 e. The van der Waals surface area contributed by atoms with Crippen molar-refractivity contribution in [2.45, 2.75) is 26.5 Å². The van der Waals surface area contributed by atoms with Crippen molar-refractivity contribution < 1.29 is 33.4 Å². The van der Waals surface area contributed by atoms with Crippen LogP contribution in [0.4, 0.5) is 5.69 Å². The maximum Gasteiger partial charge on any atom is 0.337 e. The summed E-state index contributed by atoms with van der Waals surface area (Å²) in [6.45, 7) is 4.65. The average Bonchev–Trinajstić information content (AvgIpc) is 3.38. The molecule has 1 aliphatic heterocycles. The van der Waals surface area contributed by atoms with E-state index < -0.39 is 16.9 Å². The van der Waals surface area contributed by atoms with Crippen molar-refractivity contribution in [3.8, 4) is 23.0 Å². The van der Waals surface area contributed by atoms with Crippen LogP contribution >= 0.6 is 33.9 Å². The normalized spacial score (nSPS) is 14.0. The predicted molar refractivity (Wildman–Crippen MR) is 183 cm³/mol. The first-order chi connectivity index (χ1) is 22.7. The molecular weight excluding hydrogens is 741 g/mol. The summed E-state index contributed by atoms with van der Waals surface area (Å²) in [6, 6.07) is 14.1. The number of nitro groups is 1. The minimum atomic E-state index is -0.848.